The van der Waals surface area contributed by atoms with E-state index in [9.17, 15) is 0 Å². The number of hydrogen-bond donors (Lipinski definition) is 0. The van der Waals surface area contributed by atoms with Gasteiger partial charge >= 0.3 is 0 Å². The third-order valence-electron chi connectivity index (χ3n) is 17.5. The fourth-order valence-corrected chi connectivity index (χ4v) is 13.8. The van der Waals surface area contributed by atoms with Gasteiger partial charge in [0.05, 0.1) is 29.4 Å². The summed E-state index contributed by atoms with van der Waals surface area (Å²) in [4.78, 5) is 20.8. The molecule has 1 aliphatic carbocycles. The van der Waals surface area contributed by atoms with E-state index in [-0.39, 0.29) is 17.9 Å². The molecule has 0 saturated heterocycles. The van der Waals surface area contributed by atoms with Gasteiger partial charge in [0, 0.05) is 78.3 Å². The summed E-state index contributed by atoms with van der Waals surface area (Å²) >= 11 is 0. The van der Waals surface area contributed by atoms with Gasteiger partial charge in [-0.15, -0.1) is 0 Å². The van der Waals surface area contributed by atoms with Crippen LogP contribution in [0.2, 0.25) is 0 Å². The van der Waals surface area contributed by atoms with E-state index >= 15 is 0 Å². The number of allylic oxidation sites excluding steroid dienone is 2. The van der Waals surface area contributed by atoms with Crippen LogP contribution in [0.25, 0.3) is 93.2 Å². The highest BCUT2D eigenvalue weighted by Crippen LogP contribution is 2.59. The molecule has 8 nitrogen and oxygen atoms in total. The van der Waals surface area contributed by atoms with Gasteiger partial charge in [-0.25, -0.2) is 4.99 Å². The number of furan rings is 2. The van der Waals surface area contributed by atoms with Gasteiger partial charge in [0.25, 0.3) is 0 Å². The number of fused-ring (bicyclic) bond motifs is 13. The number of hydrogen-bond acceptors (Lipinski definition) is 8. The van der Waals surface area contributed by atoms with Crippen molar-refractivity contribution in [3.63, 3.8) is 0 Å². The highest BCUT2D eigenvalue weighted by atomic mass is 16.3. The lowest BCUT2D eigenvalue weighted by Crippen LogP contribution is -2.36. The van der Waals surface area contributed by atoms with Crippen molar-refractivity contribution in [1.29, 1.82) is 0 Å². The molecule has 0 saturated carbocycles. The Morgan fingerprint density at radius 3 is 1.98 bits per heavy atom. The van der Waals surface area contributed by atoms with Crippen LogP contribution >= 0.6 is 0 Å². The Hall–Kier alpha value is -10.6. The van der Waals surface area contributed by atoms with E-state index in [2.05, 4.69) is 276 Å². The van der Waals surface area contributed by atoms with Gasteiger partial charge in [-0.2, -0.15) is 0 Å². The lowest BCUT2D eigenvalue weighted by Gasteiger charge is -2.41. The van der Waals surface area contributed by atoms with E-state index in [0.717, 1.165) is 122 Å². The van der Waals surface area contributed by atoms with Crippen molar-refractivity contribution in [3.05, 3.63) is 265 Å². The summed E-state index contributed by atoms with van der Waals surface area (Å²) in [6.07, 6.45) is 16.2. The topological polar surface area (TPSA) is 73.6 Å². The predicted octanol–water partition coefficient (Wildman–Crippen LogP) is 20.5. The van der Waals surface area contributed by atoms with E-state index < -0.39 is 0 Å². The first-order chi connectivity index (χ1) is 41.9. The zero-order chi connectivity index (χ0) is 56.9. The molecule has 3 aromatic heterocycles. The summed E-state index contributed by atoms with van der Waals surface area (Å²) in [5, 5.41) is 8.47. The van der Waals surface area contributed by atoms with Crippen LogP contribution in [0.5, 0.6) is 0 Å². The van der Waals surface area contributed by atoms with Crippen molar-refractivity contribution < 1.29 is 8.83 Å². The molecule has 0 fully saturated rings. The van der Waals surface area contributed by atoms with Gasteiger partial charge in [-0.1, -0.05) is 192 Å². The fourth-order valence-electron chi connectivity index (χ4n) is 13.8. The second-order valence-electron chi connectivity index (χ2n) is 23.0. The Bertz CT molecular complexity index is 4980. The number of para-hydroxylation sites is 3. The molecule has 16 rings (SSSR count). The van der Waals surface area contributed by atoms with Crippen LogP contribution < -0.4 is 14.7 Å². The summed E-state index contributed by atoms with van der Waals surface area (Å²) in [7, 11) is 0. The SMILES string of the molecule is CC(C)c1cccc2oc3c(c(C(C)C)cc4c(N(c5ccccc5)c5ccc(-c6cccnc6)cc5)c(-c5ccccc5)c5cc(N6c7ccccc7C(c7ccccc7)=C7C=CC=CC76)c6oc7c(N8C=NC=NC8)cccc7c6c5c43)c12. The lowest BCUT2D eigenvalue weighted by molar-refractivity contribution is 0.666. The van der Waals surface area contributed by atoms with Gasteiger partial charge in [-0.05, 0) is 122 Å². The highest BCUT2D eigenvalue weighted by molar-refractivity contribution is 6.39. The Morgan fingerprint density at radius 1 is 0.518 bits per heavy atom. The highest BCUT2D eigenvalue weighted by Gasteiger charge is 2.38. The van der Waals surface area contributed by atoms with E-state index in [0.29, 0.717) is 6.67 Å². The summed E-state index contributed by atoms with van der Waals surface area (Å²) in [5.41, 5.74) is 20.7. The Balaban J connectivity index is 1.15. The molecule has 85 heavy (non-hydrogen) atoms. The molecule has 13 aromatic rings. The maximum absolute atomic E-state index is 7.78. The molecule has 1 atom stereocenters. The van der Waals surface area contributed by atoms with Crippen molar-refractivity contribution >= 4 is 118 Å². The van der Waals surface area contributed by atoms with Crippen molar-refractivity contribution in [1.82, 2.24) is 4.98 Å². The minimum absolute atomic E-state index is 0.119. The van der Waals surface area contributed by atoms with Crippen LogP contribution in [0, 0.1) is 0 Å². The zero-order valence-corrected chi connectivity index (χ0v) is 47.6. The van der Waals surface area contributed by atoms with Crippen LogP contribution in [0.1, 0.15) is 61.8 Å². The molecule has 2 aliphatic heterocycles. The van der Waals surface area contributed by atoms with Gasteiger partial charge < -0.3 is 23.5 Å². The molecule has 0 N–H and O–H groups in total. The Morgan fingerprint density at radius 2 is 1.22 bits per heavy atom. The number of anilines is 6. The number of nitrogens with zero attached hydrogens (tertiary/aromatic N) is 6. The first-order valence-electron chi connectivity index (χ1n) is 29.4. The maximum Gasteiger partial charge on any atom is 0.159 e. The van der Waals surface area contributed by atoms with Crippen molar-refractivity contribution in [2.45, 2.75) is 45.6 Å². The quantitative estimate of drug-likeness (QED) is 0.127. The minimum Gasteiger partial charge on any atom is -0.455 e. The third kappa shape index (κ3) is 7.92. The molecule has 10 aromatic carbocycles. The molecule has 0 bridgehead atoms. The minimum atomic E-state index is -0.212. The molecule has 3 aliphatic rings. The average molecular weight is 1100 g/mol. The van der Waals surface area contributed by atoms with Crippen LogP contribution in [0.15, 0.2) is 261 Å². The normalized spacial score (nSPS) is 14.8. The first kappa shape index (κ1) is 50.2. The van der Waals surface area contributed by atoms with Crippen molar-refractivity contribution in [2.24, 2.45) is 9.98 Å². The van der Waals surface area contributed by atoms with E-state index in [1.807, 2.05) is 24.8 Å². The smallest absolute Gasteiger partial charge is 0.159 e. The summed E-state index contributed by atoms with van der Waals surface area (Å²) in [6.45, 7) is 9.63. The van der Waals surface area contributed by atoms with Crippen LogP contribution in [0.3, 0.4) is 0 Å². The molecule has 1 unspecified atom stereocenters. The van der Waals surface area contributed by atoms with Crippen molar-refractivity contribution in [3.8, 4) is 22.3 Å². The zero-order valence-electron chi connectivity index (χ0n) is 47.6. The van der Waals surface area contributed by atoms with Crippen LogP contribution in [0.4, 0.5) is 34.1 Å². The number of benzene rings is 10. The molecule has 0 amide bonds. The first-order valence-corrected chi connectivity index (χ1v) is 29.4. The number of aromatic nitrogens is 1. The molecule has 5 heterocycles. The largest absolute Gasteiger partial charge is 0.455 e. The third-order valence-corrected chi connectivity index (χ3v) is 17.5. The van der Waals surface area contributed by atoms with E-state index in [4.69, 9.17) is 8.83 Å². The maximum atomic E-state index is 7.78. The average Bonchev–Trinajstić information content (AvgIpc) is 1.80. The predicted molar refractivity (Wildman–Crippen MR) is 355 cm³/mol. The van der Waals surface area contributed by atoms with Crippen LogP contribution in [-0.2, 0) is 0 Å². The van der Waals surface area contributed by atoms with E-state index in [1.54, 1.807) is 6.34 Å². The van der Waals surface area contributed by atoms with Crippen LogP contribution in [-0.4, -0.2) is 30.4 Å². The molecule has 408 valence electrons. The lowest BCUT2D eigenvalue weighted by atomic mass is 9.81. The summed E-state index contributed by atoms with van der Waals surface area (Å²) in [5.74, 6) is 0.357. The van der Waals surface area contributed by atoms with Gasteiger partial charge in [0.1, 0.15) is 24.2 Å². The molecule has 8 heteroatoms. The number of aliphatic imine (C=N–C) groups is 2. The monoisotopic (exact) mass is 1100 g/mol. The Kier molecular flexibility index (Phi) is 11.9. The molecular formula is C77H58N6O2. The standard InChI is InChI=1S/C77H58N6O2/c1-47(2)55-30-19-35-66-69(55)72-59(48(3)4)41-61-73(77(72)84-66)70-60(68(51-23-10-6-11-24-51)74(61)82(53-26-12-7-13-27-53)54-38-36-49(37-39-54)52-25-20-40-78-43-52)42-65(76-71(70)58-31-18-34-64(75(58)85-76)81-45-79-44-80-46-81)83-62-32-16-14-28-56(62)67(50-21-8-5-9-22-50)57-29-15-17-33-63(57)83/h5-45,47-48,62H,46H2,1-4H3. The van der Waals surface area contributed by atoms with Gasteiger partial charge in [0.2, 0.25) is 0 Å². The van der Waals surface area contributed by atoms with Gasteiger partial charge in [-0.3, -0.25) is 9.98 Å². The molecule has 0 radical (unpaired) electrons. The van der Waals surface area contributed by atoms with Crippen molar-refractivity contribution in [2.75, 3.05) is 21.4 Å². The molecule has 0 spiro atoms. The summed E-state index contributed by atoms with van der Waals surface area (Å²) in [6, 6.07) is 72.5. The summed E-state index contributed by atoms with van der Waals surface area (Å²) < 4.78 is 15.4. The fraction of sp³-hybridized carbons (Fsp3) is 0.104. The van der Waals surface area contributed by atoms with Gasteiger partial charge in [0.15, 0.2) is 11.2 Å². The molecular weight excluding hydrogens is 1040 g/mol. The second kappa shape index (κ2) is 20.1. The second-order valence-corrected chi connectivity index (χ2v) is 23.0. The number of pyridine rings is 1. The van der Waals surface area contributed by atoms with E-state index in [1.165, 1.54) is 33.2 Å². The number of rotatable bonds is 10. The Labute approximate surface area is 492 Å².